The van der Waals surface area contributed by atoms with Crippen LogP contribution >= 0.6 is 0 Å². The van der Waals surface area contributed by atoms with Gasteiger partial charge in [-0.15, -0.1) is 0 Å². The number of morpholine rings is 1. The summed E-state index contributed by atoms with van der Waals surface area (Å²) in [6.45, 7) is 11.6. The van der Waals surface area contributed by atoms with Crippen molar-refractivity contribution in [3.8, 4) is 0 Å². The number of ether oxygens (including phenoxy) is 1. The molecule has 4 rings (SSSR count). The van der Waals surface area contributed by atoms with Crippen LogP contribution in [0.5, 0.6) is 0 Å². The lowest BCUT2D eigenvalue weighted by atomic mass is 10.1. The molecule has 0 unspecified atom stereocenters. The minimum atomic E-state index is 0.835. The van der Waals surface area contributed by atoms with Crippen molar-refractivity contribution in [3.63, 3.8) is 0 Å². The molecule has 0 aromatic carbocycles. The zero-order valence-corrected chi connectivity index (χ0v) is 14.0. The number of aromatic nitrogens is 1. The Labute approximate surface area is 138 Å². The molecule has 0 spiro atoms. The summed E-state index contributed by atoms with van der Waals surface area (Å²) < 4.78 is 11.0. The van der Waals surface area contributed by atoms with Crippen LogP contribution in [0.1, 0.15) is 29.9 Å². The Bertz CT molecular complexity index is 507. The van der Waals surface area contributed by atoms with Gasteiger partial charge in [0, 0.05) is 57.8 Å². The zero-order chi connectivity index (χ0) is 15.5. The summed E-state index contributed by atoms with van der Waals surface area (Å²) in [5.41, 5.74) is 2.50. The molecule has 4 heterocycles. The largest absolute Gasteiger partial charge is 0.379 e. The van der Waals surface area contributed by atoms with Crippen molar-refractivity contribution in [3.05, 3.63) is 17.0 Å². The van der Waals surface area contributed by atoms with Crippen LogP contribution in [0.4, 0.5) is 0 Å². The minimum absolute atomic E-state index is 0.835. The SMILES string of the molecule is C1CCN(CCN2CCc3onc(CN4CCOCC4)c3C2)C1. The van der Waals surface area contributed by atoms with E-state index >= 15 is 0 Å². The van der Waals surface area contributed by atoms with E-state index in [2.05, 4.69) is 19.9 Å². The van der Waals surface area contributed by atoms with Crippen molar-refractivity contribution in [2.24, 2.45) is 0 Å². The van der Waals surface area contributed by atoms with E-state index in [-0.39, 0.29) is 0 Å². The van der Waals surface area contributed by atoms with E-state index in [1.165, 1.54) is 44.6 Å². The van der Waals surface area contributed by atoms with Crippen LogP contribution in [-0.4, -0.2) is 78.9 Å². The van der Waals surface area contributed by atoms with Gasteiger partial charge in [-0.05, 0) is 25.9 Å². The molecule has 1 aromatic heterocycles. The molecule has 23 heavy (non-hydrogen) atoms. The lowest BCUT2D eigenvalue weighted by molar-refractivity contribution is 0.0331. The van der Waals surface area contributed by atoms with Crippen LogP contribution < -0.4 is 0 Å². The molecule has 2 fully saturated rings. The molecule has 6 heteroatoms. The van der Waals surface area contributed by atoms with E-state index in [0.717, 1.165) is 63.8 Å². The first-order valence-electron chi connectivity index (χ1n) is 9.09. The maximum atomic E-state index is 5.61. The molecule has 6 nitrogen and oxygen atoms in total. The predicted molar refractivity (Wildman–Crippen MR) is 87.3 cm³/mol. The van der Waals surface area contributed by atoms with E-state index in [1.54, 1.807) is 0 Å². The summed E-state index contributed by atoms with van der Waals surface area (Å²) >= 11 is 0. The number of likely N-dealkylation sites (tertiary alicyclic amines) is 1. The molecule has 0 aliphatic carbocycles. The first-order chi connectivity index (χ1) is 11.4. The molecule has 2 saturated heterocycles. The lowest BCUT2D eigenvalue weighted by Crippen LogP contribution is -2.38. The Morgan fingerprint density at radius 1 is 0.870 bits per heavy atom. The molecule has 0 amide bonds. The average Bonchev–Trinajstić information content (AvgIpc) is 3.24. The molecule has 0 saturated carbocycles. The monoisotopic (exact) mass is 320 g/mol. The highest BCUT2D eigenvalue weighted by Crippen LogP contribution is 2.23. The van der Waals surface area contributed by atoms with Crippen LogP contribution in [0.3, 0.4) is 0 Å². The number of rotatable bonds is 5. The van der Waals surface area contributed by atoms with Crippen molar-refractivity contribution >= 4 is 0 Å². The second-order valence-electron chi connectivity index (χ2n) is 6.99. The highest BCUT2D eigenvalue weighted by molar-refractivity contribution is 5.25. The second-order valence-corrected chi connectivity index (χ2v) is 6.99. The van der Waals surface area contributed by atoms with Crippen LogP contribution in [0, 0.1) is 0 Å². The molecule has 3 aliphatic rings. The van der Waals surface area contributed by atoms with Crippen LogP contribution in [-0.2, 0) is 24.2 Å². The van der Waals surface area contributed by atoms with E-state index in [9.17, 15) is 0 Å². The molecule has 0 radical (unpaired) electrons. The van der Waals surface area contributed by atoms with Gasteiger partial charge < -0.3 is 14.2 Å². The number of nitrogens with zero attached hydrogens (tertiary/aromatic N) is 4. The molecular formula is C17H28N4O2. The Kier molecular flexibility index (Phi) is 4.94. The maximum absolute atomic E-state index is 5.61. The van der Waals surface area contributed by atoms with Gasteiger partial charge in [0.2, 0.25) is 0 Å². The fourth-order valence-corrected chi connectivity index (χ4v) is 3.89. The van der Waals surface area contributed by atoms with Gasteiger partial charge in [0.25, 0.3) is 0 Å². The lowest BCUT2D eigenvalue weighted by Gasteiger charge is -2.29. The molecule has 3 aliphatic heterocycles. The average molecular weight is 320 g/mol. The van der Waals surface area contributed by atoms with Crippen molar-refractivity contribution in [2.75, 3.05) is 59.0 Å². The van der Waals surface area contributed by atoms with Crippen molar-refractivity contribution in [1.82, 2.24) is 19.9 Å². The summed E-state index contributed by atoms with van der Waals surface area (Å²) in [5.74, 6) is 1.12. The standard InChI is InChI=1S/C17H28N4O2/c1-2-5-19(4-1)7-8-20-6-3-17-15(13-20)16(18-23-17)14-21-9-11-22-12-10-21/h1-14H2. The molecule has 0 N–H and O–H groups in total. The van der Waals surface area contributed by atoms with Gasteiger partial charge in [-0.3, -0.25) is 9.80 Å². The normalized spacial score (nSPS) is 24.2. The summed E-state index contributed by atoms with van der Waals surface area (Å²) in [6, 6.07) is 0. The topological polar surface area (TPSA) is 45.0 Å². The molecule has 128 valence electrons. The summed E-state index contributed by atoms with van der Waals surface area (Å²) in [4.78, 5) is 7.59. The number of hydrogen-bond acceptors (Lipinski definition) is 6. The summed E-state index contributed by atoms with van der Waals surface area (Å²) in [6.07, 6.45) is 3.75. The highest BCUT2D eigenvalue weighted by Gasteiger charge is 2.26. The van der Waals surface area contributed by atoms with Crippen molar-refractivity contribution < 1.29 is 9.26 Å². The second kappa shape index (κ2) is 7.30. The van der Waals surface area contributed by atoms with Gasteiger partial charge >= 0.3 is 0 Å². The van der Waals surface area contributed by atoms with Crippen LogP contribution in [0.15, 0.2) is 4.52 Å². The Hall–Kier alpha value is -0.950. The van der Waals surface area contributed by atoms with Gasteiger partial charge in [-0.2, -0.15) is 0 Å². The minimum Gasteiger partial charge on any atom is -0.379 e. The molecule has 1 aromatic rings. The van der Waals surface area contributed by atoms with Gasteiger partial charge in [0.15, 0.2) is 0 Å². The Balaban J connectivity index is 1.34. The number of hydrogen-bond donors (Lipinski definition) is 0. The molecule has 0 bridgehead atoms. The third-order valence-electron chi connectivity index (χ3n) is 5.40. The van der Waals surface area contributed by atoms with E-state index in [0.29, 0.717) is 0 Å². The molecule has 0 atom stereocenters. The summed E-state index contributed by atoms with van der Waals surface area (Å²) in [7, 11) is 0. The Morgan fingerprint density at radius 2 is 1.65 bits per heavy atom. The van der Waals surface area contributed by atoms with Crippen molar-refractivity contribution in [2.45, 2.75) is 32.4 Å². The van der Waals surface area contributed by atoms with Gasteiger partial charge in [-0.1, -0.05) is 5.16 Å². The predicted octanol–water partition coefficient (Wildman–Crippen LogP) is 0.961. The first kappa shape index (κ1) is 15.6. The third-order valence-corrected chi connectivity index (χ3v) is 5.40. The number of fused-ring (bicyclic) bond motifs is 1. The quantitative estimate of drug-likeness (QED) is 0.805. The highest BCUT2D eigenvalue weighted by atomic mass is 16.5. The van der Waals surface area contributed by atoms with E-state index in [4.69, 9.17) is 9.26 Å². The fraction of sp³-hybridized carbons (Fsp3) is 0.824. The van der Waals surface area contributed by atoms with Crippen LogP contribution in [0.2, 0.25) is 0 Å². The smallest absolute Gasteiger partial charge is 0.142 e. The van der Waals surface area contributed by atoms with Gasteiger partial charge in [-0.25, -0.2) is 0 Å². The van der Waals surface area contributed by atoms with Gasteiger partial charge in [0.05, 0.1) is 13.2 Å². The van der Waals surface area contributed by atoms with Crippen molar-refractivity contribution in [1.29, 1.82) is 0 Å². The van der Waals surface area contributed by atoms with Gasteiger partial charge in [0.1, 0.15) is 11.5 Å². The van der Waals surface area contributed by atoms with E-state index < -0.39 is 0 Å². The fourth-order valence-electron chi connectivity index (χ4n) is 3.89. The summed E-state index contributed by atoms with van der Waals surface area (Å²) in [5, 5.41) is 4.37. The zero-order valence-electron chi connectivity index (χ0n) is 14.0. The Morgan fingerprint density at radius 3 is 2.48 bits per heavy atom. The maximum Gasteiger partial charge on any atom is 0.142 e. The van der Waals surface area contributed by atoms with E-state index in [1.807, 2.05) is 0 Å². The third kappa shape index (κ3) is 3.76. The van der Waals surface area contributed by atoms with Crippen LogP contribution in [0.25, 0.3) is 0 Å². The first-order valence-corrected chi connectivity index (χ1v) is 9.09. The molecular weight excluding hydrogens is 292 g/mol.